The maximum absolute atomic E-state index is 4.33. The second kappa shape index (κ2) is 4.33. The molecule has 0 spiro atoms. The van der Waals surface area contributed by atoms with Crippen LogP contribution in [0, 0.1) is 5.92 Å². The van der Waals surface area contributed by atoms with E-state index < -0.39 is 0 Å². The van der Waals surface area contributed by atoms with Crippen LogP contribution in [0.5, 0.6) is 0 Å². The van der Waals surface area contributed by atoms with Crippen molar-refractivity contribution in [3.05, 3.63) is 18.6 Å². The summed E-state index contributed by atoms with van der Waals surface area (Å²) in [5.74, 6) is 1.64. The Bertz CT molecular complexity index is 506. The van der Waals surface area contributed by atoms with Crippen molar-refractivity contribution in [3.63, 3.8) is 0 Å². The molecule has 1 saturated heterocycles. The van der Waals surface area contributed by atoms with Gasteiger partial charge in [-0.2, -0.15) is 0 Å². The molecule has 1 fully saturated rings. The van der Waals surface area contributed by atoms with E-state index in [4.69, 9.17) is 0 Å². The zero-order chi connectivity index (χ0) is 11.7. The lowest BCUT2D eigenvalue weighted by Gasteiger charge is -2.28. The highest BCUT2D eigenvalue weighted by Crippen LogP contribution is 2.20. The molecule has 0 saturated carbocycles. The van der Waals surface area contributed by atoms with Crippen molar-refractivity contribution in [1.82, 2.24) is 20.3 Å². The Balaban J connectivity index is 1.82. The third-order valence-electron chi connectivity index (χ3n) is 3.27. The highest BCUT2D eigenvalue weighted by molar-refractivity contribution is 5.86. The van der Waals surface area contributed by atoms with Gasteiger partial charge < -0.3 is 15.6 Å². The van der Waals surface area contributed by atoms with Gasteiger partial charge in [0, 0.05) is 18.8 Å². The first-order valence-corrected chi connectivity index (χ1v) is 6.08. The maximum Gasteiger partial charge on any atom is 0.142 e. The summed E-state index contributed by atoms with van der Waals surface area (Å²) in [4.78, 5) is 11.6. The number of aromatic nitrogens is 3. The van der Waals surface area contributed by atoms with Gasteiger partial charge in [-0.25, -0.2) is 9.97 Å². The van der Waals surface area contributed by atoms with Crippen molar-refractivity contribution in [2.24, 2.45) is 5.92 Å². The zero-order valence-electron chi connectivity index (χ0n) is 9.90. The summed E-state index contributed by atoms with van der Waals surface area (Å²) in [5.41, 5.74) is 0.888. The number of H-pyrrole nitrogens is 1. The number of hydrogen-bond acceptors (Lipinski definition) is 4. The average molecular weight is 231 g/mol. The Morgan fingerprint density at radius 3 is 3.18 bits per heavy atom. The molecule has 3 rings (SSSR count). The molecular weight excluding hydrogens is 214 g/mol. The van der Waals surface area contributed by atoms with Crippen LogP contribution in [-0.2, 0) is 0 Å². The predicted octanol–water partition coefficient (Wildman–Crippen LogP) is 1.37. The van der Waals surface area contributed by atoms with Crippen molar-refractivity contribution >= 4 is 16.9 Å². The molecule has 90 valence electrons. The molecule has 0 unspecified atom stereocenters. The summed E-state index contributed by atoms with van der Waals surface area (Å²) >= 11 is 0. The minimum Gasteiger partial charge on any atom is -0.365 e. The monoisotopic (exact) mass is 231 g/mol. The highest BCUT2D eigenvalue weighted by Gasteiger charge is 2.19. The van der Waals surface area contributed by atoms with Crippen LogP contribution in [0.3, 0.4) is 0 Å². The number of fused-ring (bicyclic) bond motifs is 1. The second-order valence-electron chi connectivity index (χ2n) is 4.80. The molecule has 1 aliphatic heterocycles. The molecule has 2 atom stereocenters. The Morgan fingerprint density at radius 1 is 1.35 bits per heavy atom. The quantitative estimate of drug-likeness (QED) is 0.730. The van der Waals surface area contributed by atoms with Crippen molar-refractivity contribution in [1.29, 1.82) is 0 Å². The summed E-state index contributed by atoms with van der Waals surface area (Å²) in [7, 11) is 0. The van der Waals surface area contributed by atoms with Crippen molar-refractivity contribution < 1.29 is 0 Å². The standard InChI is InChI=1S/C12H17N5/c1-8-4-9(6-13-5-8)17-12-10-2-3-14-11(10)15-7-16-12/h2-3,7-9,13H,4-6H2,1H3,(H2,14,15,16,17)/t8-,9-/m1/s1. The van der Waals surface area contributed by atoms with Crippen LogP contribution in [0.4, 0.5) is 5.82 Å². The Kier molecular flexibility index (Phi) is 2.68. The van der Waals surface area contributed by atoms with Gasteiger partial charge in [0.25, 0.3) is 0 Å². The van der Waals surface area contributed by atoms with E-state index in [2.05, 4.69) is 32.5 Å². The number of piperidine rings is 1. The molecule has 3 N–H and O–H groups in total. The lowest BCUT2D eigenvalue weighted by molar-refractivity contribution is 0.378. The molecule has 0 amide bonds. The first kappa shape index (κ1) is 10.5. The fraction of sp³-hybridized carbons (Fsp3) is 0.500. The third-order valence-corrected chi connectivity index (χ3v) is 3.27. The topological polar surface area (TPSA) is 65.6 Å². The average Bonchev–Trinajstić information content (AvgIpc) is 2.78. The summed E-state index contributed by atoms with van der Waals surface area (Å²) in [5, 5.41) is 8.00. The number of rotatable bonds is 2. The number of hydrogen-bond donors (Lipinski definition) is 3. The highest BCUT2D eigenvalue weighted by atomic mass is 15.1. The van der Waals surface area contributed by atoms with Gasteiger partial charge in [-0.1, -0.05) is 6.92 Å². The Labute approximate surface area is 100 Å². The minimum absolute atomic E-state index is 0.451. The molecule has 17 heavy (non-hydrogen) atoms. The Morgan fingerprint density at radius 2 is 2.29 bits per heavy atom. The largest absolute Gasteiger partial charge is 0.365 e. The number of nitrogens with zero attached hydrogens (tertiary/aromatic N) is 2. The van der Waals surface area contributed by atoms with Crippen LogP contribution in [0.2, 0.25) is 0 Å². The van der Waals surface area contributed by atoms with Gasteiger partial charge in [0.15, 0.2) is 0 Å². The van der Waals surface area contributed by atoms with Gasteiger partial charge in [0.2, 0.25) is 0 Å². The molecule has 3 heterocycles. The van der Waals surface area contributed by atoms with Crippen molar-refractivity contribution in [2.75, 3.05) is 18.4 Å². The SMILES string of the molecule is C[C@H]1CNC[C@H](Nc2ncnc3[nH]ccc23)C1. The van der Waals surface area contributed by atoms with E-state index in [1.54, 1.807) is 6.33 Å². The fourth-order valence-electron chi connectivity index (χ4n) is 2.45. The van der Waals surface area contributed by atoms with Crippen LogP contribution in [0.1, 0.15) is 13.3 Å². The van der Waals surface area contributed by atoms with E-state index in [-0.39, 0.29) is 0 Å². The van der Waals surface area contributed by atoms with Crippen LogP contribution < -0.4 is 10.6 Å². The molecule has 5 nitrogen and oxygen atoms in total. The molecule has 1 aliphatic rings. The first-order valence-electron chi connectivity index (χ1n) is 6.08. The molecule has 5 heteroatoms. The number of nitrogens with one attached hydrogen (secondary N) is 3. The molecule has 0 aromatic carbocycles. The molecular formula is C12H17N5. The van der Waals surface area contributed by atoms with Gasteiger partial charge in [0.05, 0.1) is 5.39 Å². The zero-order valence-corrected chi connectivity index (χ0v) is 9.90. The van der Waals surface area contributed by atoms with Gasteiger partial charge in [-0.3, -0.25) is 0 Å². The van der Waals surface area contributed by atoms with Crippen LogP contribution in [0.25, 0.3) is 11.0 Å². The number of aromatic amines is 1. The van der Waals surface area contributed by atoms with Crippen LogP contribution >= 0.6 is 0 Å². The van der Waals surface area contributed by atoms with E-state index in [0.717, 1.165) is 29.9 Å². The normalized spacial score (nSPS) is 25.0. The lowest BCUT2D eigenvalue weighted by Crippen LogP contribution is -2.42. The minimum atomic E-state index is 0.451. The second-order valence-corrected chi connectivity index (χ2v) is 4.80. The Hall–Kier alpha value is -1.62. The van der Waals surface area contributed by atoms with Crippen molar-refractivity contribution in [3.8, 4) is 0 Å². The van der Waals surface area contributed by atoms with Gasteiger partial charge >= 0.3 is 0 Å². The lowest BCUT2D eigenvalue weighted by atomic mass is 9.98. The molecule has 2 aromatic rings. The number of anilines is 1. The summed E-state index contributed by atoms with van der Waals surface area (Å²) < 4.78 is 0. The van der Waals surface area contributed by atoms with Gasteiger partial charge in [-0.15, -0.1) is 0 Å². The molecule has 0 bridgehead atoms. The van der Waals surface area contributed by atoms with Gasteiger partial charge in [-0.05, 0) is 24.9 Å². The molecule has 0 radical (unpaired) electrons. The maximum atomic E-state index is 4.33. The molecule has 2 aromatic heterocycles. The van der Waals surface area contributed by atoms with E-state index in [0.29, 0.717) is 12.0 Å². The third kappa shape index (κ3) is 2.10. The van der Waals surface area contributed by atoms with Crippen molar-refractivity contribution in [2.45, 2.75) is 19.4 Å². The van der Waals surface area contributed by atoms with Gasteiger partial charge in [0.1, 0.15) is 17.8 Å². The summed E-state index contributed by atoms with van der Waals surface area (Å²) in [6.45, 7) is 4.38. The van der Waals surface area contributed by atoms with E-state index in [1.165, 1.54) is 6.42 Å². The smallest absolute Gasteiger partial charge is 0.142 e. The van der Waals surface area contributed by atoms with Crippen LogP contribution in [0.15, 0.2) is 18.6 Å². The van der Waals surface area contributed by atoms with E-state index in [1.807, 2.05) is 12.3 Å². The fourth-order valence-corrected chi connectivity index (χ4v) is 2.45. The molecule has 0 aliphatic carbocycles. The van der Waals surface area contributed by atoms with Crippen LogP contribution in [-0.4, -0.2) is 34.1 Å². The van der Waals surface area contributed by atoms with E-state index in [9.17, 15) is 0 Å². The van der Waals surface area contributed by atoms with E-state index >= 15 is 0 Å². The summed E-state index contributed by atoms with van der Waals surface area (Å²) in [6, 6.07) is 2.46. The predicted molar refractivity (Wildman–Crippen MR) is 68.0 cm³/mol. The summed E-state index contributed by atoms with van der Waals surface area (Å²) in [6.07, 6.45) is 4.68. The first-order chi connectivity index (χ1) is 8.33.